The molecule has 0 unspecified atom stereocenters. The normalized spacial score (nSPS) is 12.3. The first-order valence-corrected chi connectivity index (χ1v) is 7.57. The lowest BCUT2D eigenvalue weighted by molar-refractivity contribution is 0.277. The van der Waals surface area contributed by atoms with E-state index in [0.29, 0.717) is 24.3 Å². The Labute approximate surface area is 108 Å². The number of hydrogen-bond donors (Lipinski definition) is 2. The van der Waals surface area contributed by atoms with Crippen LogP contribution in [-0.4, -0.2) is 41.1 Å². The molecule has 1 aromatic heterocycles. The maximum atomic E-state index is 12.4. The van der Waals surface area contributed by atoms with E-state index in [0.717, 1.165) is 12.8 Å². The molecular formula is C11H21N3O3S. The second-order valence-electron chi connectivity index (χ2n) is 4.19. The van der Waals surface area contributed by atoms with E-state index in [4.69, 9.17) is 0 Å². The highest BCUT2D eigenvalue weighted by atomic mass is 32.2. The van der Waals surface area contributed by atoms with Gasteiger partial charge in [0.15, 0.2) is 5.03 Å². The molecule has 2 N–H and O–H groups in total. The molecule has 6 nitrogen and oxygen atoms in total. The highest BCUT2D eigenvalue weighted by molar-refractivity contribution is 7.89. The molecule has 0 atom stereocenters. The van der Waals surface area contributed by atoms with Crippen LogP contribution >= 0.6 is 0 Å². The van der Waals surface area contributed by atoms with E-state index >= 15 is 0 Å². The Hall–Kier alpha value is -0.920. The molecule has 0 saturated heterocycles. The third-order valence-electron chi connectivity index (χ3n) is 2.72. The number of aromatic nitrogens is 2. The minimum absolute atomic E-state index is 0.0515. The van der Waals surface area contributed by atoms with Crippen LogP contribution < -0.4 is 0 Å². The van der Waals surface area contributed by atoms with Gasteiger partial charge < -0.3 is 5.11 Å². The monoisotopic (exact) mass is 275 g/mol. The summed E-state index contributed by atoms with van der Waals surface area (Å²) in [6.07, 6.45) is 1.49. The fraction of sp³-hybridized carbons (Fsp3) is 0.727. The molecule has 0 aliphatic carbocycles. The van der Waals surface area contributed by atoms with E-state index < -0.39 is 10.0 Å². The molecule has 0 saturated carbocycles. The van der Waals surface area contributed by atoms with Crippen molar-refractivity contribution in [3.8, 4) is 0 Å². The number of rotatable bonds is 7. The smallest absolute Gasteiger partial charge is 0.262 e. The Morgan fingerprint density at radius 2 is 1.83 bits per heavy atom. The summed E-state index contributed by atoms with van der Waals surface area (Å²) < 4.78 is 26.3. The summed E-state index contributed by atoms with van der Waals surface area (Å²) in [4.78, 5) is 0. The van der Waals surface area contributed by atoms with Crippen molar-refractivity contribution in [1.29, 1.82) is 0 Å². The van der Waals surface area contributed by atoms with Crippen molar-refractivity contribution in [2.24, 2.45) is 0 Å². The van der Waals surface area contributed by atoms with Crippen molar-refractivity contribution in [1.82, 2.24) is 14.5 Å². The van der Waals surface area contributed by atoms with E-state index in [9.17, 15) is 13.5 Å². The number of H-pyrrole nitrogens is 1. The third kappa shape index (κ3) is 2.90. The van der Waals surface area contributed by atoms with Gasteiger partial charge in [0, 0.05) is 24.3 Å². The van der Waals surface area contributed by atoms with Crippen molar-refractivity contribution >= 4 is 10.0 Å². The zero-order valence-corrected chi connectivity index (χ0v) is 11.9. The number of aliphatic hydroxyl groups is 1. The molecule has 0 aliphatic rings. The molecule has 0 spiro atoms. The molecule has 0 bridgehead atoms. The molecule has 0 radical (unpaired) electrons. The van der Waals surface area contributed by atoms with Crippen molar-refractivity contribution in [2.45, 2.75) is 45.2 Å². The first kappa shape index (κ1) is 15.1. The Kier molecular flexibility index (Phi) is 5.30. The number of aryl methyl sites for hydroxylation is 1. The van der Waals surface area contributed by atoms with Gasteiger partial charge in [-0.3, -0.25) is 5.10 Å². The molecule has 1 aromatic rings. The van der Waals surface area contributed by atoms with Crippen LogP contribution in [0.3, 0.4) is 0 Å². The van der Waals surface area contributed by atoms with Crippen LogP contribution in [0.2, 0.25) is 0 Å². The van der Waals surface area contributed by atoms with Crippen LogP contribution in [0.5, 0.6) is 0 Å². The van der Waals surface area contributed by atoms with Crippen LogP contribution in [0, 0.1) is 6.92 Å². The lowest BCUT2D eigenvalue weighted by Gasteiger charge is -2.20. The summed E-state index contributed by atoms with van der Waals surface area (Å²) in [7, 11) is -3.62. The van der Waals surface area contributed by atoms with Gasteiger partial charge in [0.1, 0.15) is 0 Å². The summed E-state index contributed by atoms with van der Waals surface area (Å²) in [6.45, 7) is 6.16. The van der Waals surface area contributed by atoms with Crippen molar-refractivity contribution in [3.05, 3.63) is 11.3 Å². The van der Waals surface area contributed by atoms with Crippen molar-refractivity contribution in [3.63, 3.8) is 0 Å². The van der Waals surface area contributed by atoms with Gasteiger partial charge >= 0.3 is 0 Å². The zero-order chi connectivity index (χ0) is 13.8. The van der Waals surface area contributed by atoms with E-state index in [1.54, 1.807) is 6.92 Å². The summed E-state index contributed by atoms with van der Waals surface area (Å²) >= 11 is 0. The largest absolute Gasteiger partial charge is 0.392 e. The zero-order valence-electron chi connectivity index (χ0n) is 11.1. The molecule has 0 aliphatic heterocycles. The second-order valence-corrected chi connectivity index (χ2v) is 6.05. The summed E-state index contributed by atoms with van der Waals surface area (Å²) in [5.41, 5.74) is 0.941. The average molecular weight is 275 g/mol. The molecular weight excluding hydrogens is 254 g/mol. The molecule has 0 fully saturated rings. The van der Waals surface area contributed by atoms with Crippen LogP contribution in [0.15, 0.2) is 5.03 Å². The van der Waals surface area contributed by atoms with Crippen LogP contribution in [0.4, 0.5) is 0 Å². The van der Waals surface area contributed by atoms with Crippen molar-refractivity contribution in [2.75, 3.05) is 13.1 Å². The van der Waals surface area contributed by atoms with Crippen molar-refractivity contribution < 1.29 is 13.5 Å². The standard InChI is InChI=1S/C11H21N3O3S/c1-4-6-14(7-5-2)18(16,17)11-10(8-15)9(3)12-13-11/h15H,4-8H2,1-3H3,(H,12,13). The predicted octanol–water partition coefficient (Wildman–Crippen LogP) is 1.02. The Morgan fingerprint density at radius 3 is 2.28 bits per heavy atom. The van der Waals surface area contributed by atoms with Gasteiger partial charge in [-0.1, -0.05) is 13.8 Å². The number of aromatic amines is 1. The fourth-order valence-corrected chi connectivity index (χ4v) is 3.58. The third-order valence-corrected chi connectivity index (χ3v) is 4.60. The van der Waals surface area contributed by atoms with Gasteiger partial charge in [-0.25, -0.2) is 8.42 Å². The van der Waals surface area contributed by atoms with Gasteiger partial charge in [0.25, 0.3) is 10.0 Å². The number of nitrogens with one attached hydrogen (secondary N) is 1. The topological polar surface area (TPSA) is 86.3 Å². The molecule has 104 valence electrons. The first-order chi connectivity index (χ1) is 8.48. The Bertz CT molecular complexity index is 476. The molecule has 0 aromatic carbocycles. The number of hydrogen-bond acceptors (Lipinski definition) is 4. The molecule has 0 amide bonds. The quantitative estimate of drug-likeness (QED) is 0.778. The van der Waals surface area contributed by atoms with Gasteiger partial charge in [-0.05, 0) is 19.8 Å². The molecule has 18 heavy (non-hydrogen) atoms. The summed E-state index contributed by atoms with van der Waals surface area (Å²) in [5.74, 6) is 0. The average Bonchev–Trinajstić information content (AvgIpc) is 2.70. The molecule has 1 rings (SSSR count). The predicted molar refractivity (Wildman–Crippen MR) is 68.6 cm³/mol. The summed E-state index contributed by atoms with van der Waals surface area (Å²) in [5, 5.41) is 15.6. The van der Waals surface area contributed by atoms with Gasteiger partial charge in [0.2, 0.25) is 0 Å². The van der Waals surface area contributed by atoms with Crippen LogP contribution in [0.1, 0.15) is 37.9 Å². The van der Waals surface area contributed by atoms with E-state index in [1.165, 1.54) is 4.31 Å². The van der Waals surface area contributed by atoms with Gasteiger partial charge in [0.05, 0.1) is 6.61 Å². The Morgan fingerprint density at radius 1 is 1.28 bits per heavy atom. The number of nitrogens with zero attached hydrogens (tertiary/aromatic N) is 2. The SMILES string of the molecule is CCCN(CCC)S(=O)(=O)c1n[nH]c(C)c1CO. The lowest BCUT2D eigenvalue weighted by Crippen LogP contribution is -2.33. The highest BCUT2D eigenvalue weighted by Gasteiger charge is 2.29. The maximum Gasteiger partial charge on any atom is 0.262 e. The minimum Gasteiger partial charge on any atom is -0.392 e. The highest BCUT2D eigenvalue weighted by Crippen LogP contribution is 2.20. The van der Waals surface area contributed by atoms with Crippen LogP contribution in [0.25, 0.3) is 0 Å². The minimum atomic E-state index is -3.62. The fourth-order valence-electron chi connectivity index (χ4n) is 1.80. The Balaban J connectivity index is 3.17. The number of sulfonamides is 1. The second kappa shape index (κ2) is 6.31. The van der Waals surface area contributed by atoms with Crippen LogP contribution in [-0.2, 0) is 16.6 Å². The van der Waals surface area contributed by atoms with E-state index in [1.807, 2.05) is 13.8 Å². The number of aliphatic hydroxyl groups excluding tert-OH is 1. The van der Waals surface area contributed by atoms with Gasteiger partial charge in [-0.15, -0.1) is 0 Å². The molecule has 7 heteroatoms. The first-order valence-electron chi connectivity index (χ1n) is 6.13. The maximum absolute atomic E-state index is 12.4. The van der Waals surface area contributed by atoms with E-state index in [-0.39, 0.29) is 11.6 Å². The lowest BCUT2D eigenvalue weighted by atomic mass is 10.3. The summed E-state index contributed by atoms with van der Waals surface area (Å²) in [6, 6.07) is 0. The van der Waals surface area contributed by atoms with E-state index in [2.05, 4.69) is 10.2 Å². The van der Waals surface area contributed by atoms with Gasteiger partial charge in [-0.2, -0.15) is 9.40 Å². The molecule has 1 heterocycles.